The Morgan fingerprint density at radius 3 is 2.56 bits per heavy atom. The highest BCUT2D eigenvalue weighted by Gasteiger charge is 2.16. The molecule has 0 aliphatic carbocycles. The van der Waals surface area contributed by atoms with Crippen LogP contribution in [0.15, 0.2) is 60.8 Å². The van der Waals surface area contributed by atoms with Crippen LogP contribution in [0.25, 0.3) is 27.4 Å². The number of hydrogen-bond acceptors (Lipinski definition) is 6. The number of hydrogen-bond donors (Lipinski definition) is 1. The Bertz CT molecular complexity index is 1310. The third-order valence-electron chi connectivity index (χ3n) is 5.37. The molecule has 34 heavy (non-hydrogen) atoms. The van der Waals surface area contributed by atoms with Gasteiger partial charge in [-0.1, -0.05) is 36.3 Å². The third-order valence-corrected chi connectivity index (χ3v) is 6.51. The fraction of sp³-hybridized carbons (Fsp3) is 0.231. The number of unbranched alkanes of at least 4 members (excludes halogenated alkanes) is 1. The SMILES string of the molecule is CCCCNC(=O)c1ccc(-c2cc(C(=O)OC)cc(-c3cn(-c4ccc(C)cc4)nn3)c2)s1. The van der Waals surface area contributed by atoms with Gasteiger partial charge in [0.2, 0.25) is 0 Å². The van der Waals surface area contributed by atoms with Crippen LogP contribution in [-0.4, -0.2) is 40.5 Å². The van der Waals surface area contributed by atoms with Gasteiger partial charge in [0.1, 0.15) is 5.69 Å². The van der Waals surface area contributed by atoms with Gasteiger partial charge in [-0.05, 0) is 61.4 Å². The largest absolute Gasteiger partial charge is 0.465 e. The van der Waals surface area contributed by atoms with E-state index in [2.05, 4.69) is 22.6 Å². The van der Waals surface area contributed by atoms with E-state index >= 15 is 0 Å². The highest BCUT2D eigenvalue weighted by molar-refractivity contribution is 7.17. The van der Waals surface area contributed by atoms with Crippen LogP contribution in [0.5, 0.6) is 0 Å². The predicted molar refractivity (Wildman–Crippen MR) is 133 cm³/mol. The zero-order valence-corrected chi connectivity index (χ0v) is 20.2. The van der Waals surface area contributed by atoms with Crippen LogP contribution in [0, 0.1) is 6.92 Å². The normalized spacial score (nSPS) is 10.8. The van der Waals surface area contributed by atoms with E-state index in [0.29, 0.717) is 22.7 Å². The summed E-state index contributed by atoms with van der Waals surface area (Å²) in [7, 11) is 1.35. The van der Waals surface area contributed by atoms with Crippen molar-refractivity contribution in [3.63, 3.8) is 0 Å². The molecule has 2 aromatic carbocycles. The van der Waals surface area contributed by atoms with Crippen molar-refractivity contribution in [1.29, 1.82) is 0 Å². The summed E-state index contributed by atoms with van der Waals surface area (Å²) in [6.07, 6.45) is 3.79. The number of methoxy groups -OCH3 is 1. The standard InChI is InChI=1S/C26H26N4O3S/c1-4-5-12-27-25(31)24-11-10-23(34-24)19-13-18(14-20(15-19)26(32)33-3)22-16-30(29-28-22)21-8-6-17(2)7-9-21/h6-11,13-16H,4-5,12H2,1-3H3,(H,27,31). The Kier molecular flexibility index (Phi) is 7.18. The summed E-state index contributed by atoms with van der Waals surface area (Å²) in [6.45, 7) is 4.77. The first-order chi connectivity index (χ1) is 16.5. The van der Waals surface area contributed by atoms with Crippen LogP contribution in [0.3, 0.4) is 0 Å². The molecule has 7 nitrogen and oxygen atoms in total. The smallest absolute Gasteiger partial charge is 0.337 e. The Morgan fingerprint density at radius 2 is 1.82 bits per heavy atom. The summed E-state index contributed by atoms with van der Waals surface area (Å²) in [6, 6.07) is 17.1. The number of aromatic nitrogens is 3. The van der Waals surface area contributed by atoms with Crippen molar-refractivity contribution in [1.82, 2.24) is 20.3 Å². The lowest BCUT2D eigenvalue weighted by molar-refractivity contribution is 0.0600. The molecule has 0 radical (unpaired) electrons. The molecule has 0 bridgehead atoms. The monoisotopic (exact) mass is 474 g/mol. The minimum atomic E-state index is -0.442. The van der Waals surface area contributed by atoms with Crippen molar-refractivity contribution in [2.24, 2.45) is 0 Å². The van der Waals surface area contributed by atoms with Crippen molar-refractivity contribution in [3.05, 3.63) is 76.8 Å². The van der Waals surface area contributed by atoms with Gasteiger partial charge in [0.25, 0.3) is 5.91 Å². The zero-order valence-electron chi connectivity index (χ0n) is 19.4. The van der Waals surface area contributed by atoms with Crippen molar-refractivity contribution in [2.45, 2.75) is 26.7 Å². The van der Waals surface area contributed by atoms with E-state index in [1.54, 1.807) is 22.9 Å². The number of rotatable bonds is 8. The second-order valence-electron chi connectivity index (χ2n) is 7.95. The number of carbonyl (C=O) groups excluding carboxylic acids is 2. The molecule has 4 aromatic rings. The molecule has 8 heteroatoms. The van der Waals surface area contributed by atoms with E-state index in [1.165, 1.54) is 18.4 Å². The van der Waals surface area contributed by atoms with Gasteiger partial charge in [-0.25, -0.2) is 9.48 Å². The van der Waals surface area contributed by atoms with Gasteiger partial charge in [0, 0.05) is 17.0 Å². The number of thiophene rings is 1. The summed E-state index contributed by atoms with van der Waals surface area (Å²) in [4.78, 5) is 26.3. The molecule has 2 heterocycles. The number of nitrogens with one attached hydrogen (secondary N) is 1. The molecule has 2 aromatic heterocycles. The molecule has 0 fully saturated rings. The highest BCUT2D eigenvalue weighted by Crippen LogP contribution is 2.32. The van der Waals surface area contributed by atoms with Gasteiger partial charge in [0.15, 0.2) is 0 Å². The number of esters is 1. The van der Waals surface area contributed by atoms with E-state index in [0.717, 1.165) is 40.1 Å². The molecule has 0 atom stereocenters. The van der Waals surface area contributed by atoms with Crippen LogP contribution in [0.2, 0.25) is 0 Å². The summed E-state index contributed by atoms with van der Waals surface area (Å²) in [5.74, 6) is -0.529. The first kappa shape index (κ1) is 23.4. The van der Waals surface area contributed by atoms with Crippen molar-refractivity contribution in [2.75, 3.05) is 13.7 Å². The molecule has 1 amide bonds. The maximum absolute atomic E-state index is 12.4. The van der Waals surface area contributed by atoms with E-state index in [9.17, 15) is 9.59 Å². The van der Waals surface area contributed by atoms with Crippen LogP contribution >= 0.6 is 11.3 Å². The number of ether oxygens (including phenoxy) is 1. The quantitative estimate of drug-likeness (QED) is 0.277. The molecule has 0 spiro atoms. The number of benzene rings is 2. The van der Waals surface area contributed by atoms with Gasteiger partial charge in [-0.3, -0.25) is 4.79 Å². The average Bonchev–Trinajstić information content (AvgIpc) is 3.54. The lowest BCUT2D eigenvalue weighted by Crippen LogP contribution is -2.23. The second-order valence-corrected chi connectivity index (χ2v) is 9.03. The number of nitrogens with zero attached hydrogens (tertiary/aromatic N) is 3. The molecular formula is C26H26N4O3S. The Labute approximate surface area is 202 Å². The Balaban J connectivity index is 1.67. The lowest BCUT2D eigenvalue weighted by atomic mass is 10.0. The maximum Gasteiger partial charge on any atom is 0.337 e. The van der Waals surface area contributed by atoms with Crippen molar-refractivity contribution in [3.8, 4) is 27.4 Å². The molecule has 0 aliphatic heterocycles. The molecule has 0 saturated heterocycles. The van der Waals surface area contributed by atoms with Gasteiger partial charge in [-0.2, -0.15) is 0 Å². The van der Waals surface area contributed by atoms with Gasteiger partial charge >= 0.3 is 5.97 Å². The summed E-state index contributed by atoms with van der Waals surface area (Å²) < 4.78 is 6.66. The van der Waals surface area contributed by atoms with Crippen LogP contribution < -0.4 is 5.32 Å². The summed E-state index contributed by atoms with van der Waals surface area (Å²) in [5.41, 5.74) is 4.63. The molecular weight excluding hydrogens is 448 g/mol. The lowest BCUT2D eigenvalue weighted by Gasteiger charge is -2.06. The molecule has 174 valence electrons. The van der Waals surface area contributed by atoms with Gasteiger partial charge in [-0.15, -0.1) is 16.4 Å². The fourth-order valence-corrected chi connectivity index (χ4v) is 4.36. The fourth-order valence-electron chi connectivity index (χ4n) is 3.45. The number of carbonyl (C=O) groups is 2. The van der Waals surface area contributed by atoms with E-state index in [1.807, 2.05) is 49.5 Å². The molecule has 4 rings (SSSR count). The number of aryl methyl sites for hydroxylation is 1. The minimum absolute atomic E-state index is 0.0879. The second kappa shape index (κ2) is 10.4. The van der Waals surface area contributed by atoms with Crippen molar-refractivity contribution < 1.29 is 14.3 Å². The Morgan fingerprint density at radius 1 is 1.06 bits per heavy atom. The summed E-state index contributed by atoms with van der Waals surface area (Å²) in [5, 5.41) is 11.5. The van der Waals surface area contributed by atoms with Crippen LogP contribution in [-0.2, 0) is 4.74 Å². The molecule has 1 N–H and O–H groups in total. The molecule has 0 saturated carbocycles. The Hall–Kier alpha value is -3.78. The third kappa shape index (κ3) is 5.23. The van der Waals surface area contributed by atoms with E-state index in [-0.39, 0.29) is 5.91 Å². The minimum Gasteiger partial charge on any atom is -0.465 e. The van der Waals surface area contributed by atoms with Crippen LogP contribution in [0.1, 0.15) is 45.4 Å². The molecule has 0 aliphatic rings. The topological polar surface area (TPSA) is 86.1 Å². The average molecular weight is 475 g/mol. The van der Waals surface area contributed by atoms with E-state index < -0.39 is 5.97 Å². The first-order valence-electron chi connectivity index (χ1n) is 11.1. The van der Waals surface area contributed by atoms with Crippen molar-refractivity contribution >= 4 is 23.2 Å². The van der Waals surface area contributed by atoms with Gasteiger partial charge in [0.05, 0.1) is 29.4 Å². The predicted octanol–water partition coefficient (Wildman–Crippen LogP) is 5.29. The summed E-state index contributed by atoms with van der Waals surface area (Å²) >= 11 is 1.38. The zero-order chi connectivity index (χ0) is 24.1. The molecule has 0 unspecified atom stereocenters. The first-order valence-corrected chi connectivity index (χ1v) is 11.9. The van der Waals surface area contributed by atoms with Gasteiger partial charge < -0.3 is 10.1 Å². The van der Waals surface area contributed by atoms with Crippen LogP contribution in [0.4, 0.5) is 0 Å². The van der Waals surface area contributed by atoms with E-state index in [4.69, 9.17) is 4.74 Å². The maximum atomic E-state index is 12.4. The number of amides is 1. The highest BCUT2D eigenvalue weighted by atomic mass is 32.1.